The van der Waals surface area contributed by atoms with Crippen LogP contribution in [0.5, 0.6) is 11.5 Å². The van der Waals surface area contributed by atoms with Crippen LogP contribution in [0.3, 0.4) is 0 Å². The van der Waals surface area contributed by atoms with Crippen LogP contribution in [0.15, 0.2) is 47.6 Å². The van der Waals surface area contributed by atoms with Gasteiger partial charge in [-0.05, 0) is 35.9 Å². The summed E-state index contributed by atoms with van der Waals surface area (Å²) in [5.74, 6) is -0.170. The highest BCUT2D eigenvalue weighted by Crippen LogP contribution is 2.27. The highest BCUT2D eigenvalue weighted by molar-refractivity contribution is 6.33. The van der Waals surface area contributed by atoms with E-state index >= 15 is 0 Å². The molecule has 2 aromatic carbocycles. The Morgan fingerprint density at radius 3 is 2.58 bits per heavy atom. The number of nitrogens with one attached hydrogen (secondary N) is 1. The third kappa shape index (κ3) is 4.57. The lowest BCUT2D eigenvalue weighted by atomic mass is 10.2. The van der Waals surface area contributed by atoms with Crippen LogP contribution in [0.1, 0.15) is 22.8 Å². The molecule has 0 atom stereocenters. The van der Waals surface area contributed by atoms with Crippen molar-refractivity contribution >= 4 is 29.7 Å². The number of amides is 1. The second-order valence-corrected chi connectivity index (χ2v) is 5.09. The number of halogens is 1. The summed E-state index contributed by atoms with van der Waals surface area (Å²) in [5.41, 5.74) is 3.38. The average molecular weight is 347 g/mol. The van der Waals surface area contributed by atoms with Crippen LogP contribution < -0.4 is 14.9 Å². The number of nitrogens with zero attached hydrogens (tertiary/aromatic N) is 1. The highest BCUT2D eigenvalue weighted by atomic mass is 35.5. The standard InChI is InChI=1S/C17H15ClN2O4/c1-11(21)24-15-8-7-12(9-16(15)23-2)10-19-20-17(22)13-5-3-4-6-14(13)18/h3-10H,1-2H3,(H,20,22)/b19-10+. The van der Waals surface area contributed by atoms with Gasteiger partial charge < -0.3 is 9.47 Å². The van der Waals surface area contributed by atoms with Crippen LogP contribution in [-0.2, 0) is 4.79 Å². The Kier molecular flexibility index (Phi) is 5.92. The predicted molar refractivity (Wildman–Crippen MR) is 90.8 cm³/mol. The molecule has 0 saturated heterocycles. The van der Waals surface area contributed by atoms with Crippen molar-refractivity contribution in [2.45, 2.75) is 6.92 Å². The number of rotatable bonds is 5. The first-order valence-electron chi connectivity index (χ1n) is 6.95. The van der Waals surface area contributed by atoms with Crippen molar-refractivity contribution in [1.82, 2.24) is 5.43 Å². The molecule has 0 saturated carbocycles. The zero-order valence-electron chi connectivity index (χ0n) is 13.1. The molecule has 0 unspecified atom stereocenters. The molecule has 2 rings (SSSR count). The Balaban J connectivity index is 2.08. The molecule has 0 fully saturated rings. The fraction of sp³-hybridized carbons (Fsp3) is 0.118. The number of carbonyl (C=O) groups excluding carboxylic acids is 2. The summed E-state index contributed by atoms with van der Waals surface area (Å²) in [6, 6.07) is 11.6. The first-order valence-corrected chi connectivity index (χ1v) is 7.33. The Hall–Kier alpha value is -2.86. The molecule has 6 nitrogen and oxygen atoms in total. The fourth-order valence-corrected chi connectivity index (χ4v) is 2.10. The zero-order valence-corrected chi connectivity index (χ0v) is 13.8. The molecule has 0 heterocycles. The third-order valence-electron chi connectivity index (χ3n) is 2.94. The summed E-state index contributed by atoms with van der Waals surface area (Å²) in [7, 11) is 1.46. The van der Waals surface area contributed by atoms with E-state index in [0.717, 1.165) is 0 Å². The van der Waals surface area contributed by atoms with Crippen molar-refractivity contribution in [3.8, 4) is 11.5 Å². The molecule has 0 spiro atoms. The minimum atomic E-state index is -0.443. The van der Waals surface area contributed by atoms with Crippen LogP contribution in [0, 0.1) is 0 Å². The van der Waals surface area contributed by atoms with Crippen molar-refractivity contribution in [2.24, 2.45) is 5.10 Å². The van der Waals surface area contributed by atoms with E-state index in [-0.39, 0.29) is 0 Å². The van der Waals surface area contributed by atoms with Gasteiger partial charge in [0.15, 0.2) is 11.5 Å². The average Bonchev–Trinajstić information content (AvgIpc) is 2.56. The van der Waals surface area contributed by atoms with Gasteiger partial charge in [0.25, 0.3) is 5.91 Å². The van der Waals surface area contributed by atoms with Crippen LogP contribution >= 0.6 is 11.6 Å². The maximum absolute atomic E-state index is 12.0. The molecule has 0 bridgehead atoms. The van der Waals surface area contributed by atoms with Crippen molar-refractivity contribution in [3.63, 3.8) is 0 Å². The minimum absolute atomic E-state index is 0.308. The van der Waals surface area contributed by atoms with Crippen LogP contribution in [-0.4, -0.2) is 25.2 Å². The van der Waals surface area contributed by atoms with E-state index in [1.807, 2.05) is 0 Å². The first kappa shape index (κ1) is 17.5. The molecule has 2 aromatic rings. The van der Waals surface area contributed by atoms with E-state index in [1.165, 1.54) is 20.2 Å². The van der Waals surface area contributed by atoms with E-state index < -0.39 is 11.9 Å². The number of hydrogen-bond acceptors (Lipinski definition) is 5. The van der Waals surface area contributed by atoms with Crippen LogP contribution in [0.4, 0.5) is 0 Å². The Bertz CT molecular complexity index is 790. The molecule has 0 aromatic heterocycles. The van der Waals surface area contributed by atoms with Gasteiger partial charge in [-0.15, -0.1) is 0 Å². The summed E-state index contributed by atoms with van der Waals surface area (Å²) in [4.78, 5) is 23.0. The number of methoxy groups -OCH3 is 1. The minimum Gasteiger partial charge on any atom is -0.493 e. The number of hydrogen-bond donors (Lipinski definition) is 1. The van der Waals surface area contributed by atoms with E-state index in [2.05, 4.69) is 10.5 Å². The summed E-state index contributed by atoms with van der Waals surface area (Å²) in [6.07, 6.45) is 1.44. The Morgan fingerprint density at radius 2 is 1.92 bits per heavy atom. The van der Waals surface area contributed by atoms with Crippen LogP contribution in [0.25, 0.3) is 0 Å². The summed E-state index contributed by atoms with van der Waals surface area (Å²) >= 11 is 5.94. The smallest absolute Gasteiger partial charge is 0.308 e. The zero-order chi connectivity index (χ0) is 17.5. The van der Waals surface area contributed by atoms with Crippen molar-refractivity contribution in [2.75, 3.05) is 7.11 Å². The monoisotopic (exact) mass is 346 g/mol. The quantitative estimate of drug-likeness (QED) is 0.391. The van der Waals surface area contributed by atoms with Gasteiger partial charge in [0.05, 0.1) is 23.9 Å². The molecular weight excluding hydrogens is 332 g/mol. The Labute approximate surface area is 144 Å². The largest absolute Gasteiger partial charge is 0.493 e. The fourth-order valence-electron chi connectivity index (χ4n) is 1.87. The van der Waals surface area contributed by atoms with E-state index in [1.54, 1.807) is 42.5 Å². The molecule has 0 aliphatic rings. The molecule has 24 heavy (non-hydrogen) atoms. The number of ether oxygens (including phenoxy) is 2. The van der Waals surface area contributed by atoms with Gasteiger partial charge in [-0.25, -0.2) is 5.43 Å². The Morgan fingerprint density at radius 1 is 1.17 bits per heavy atom. The number of carbonyl (C=O) groups is 2. The van der Waals surface area contributed by atoms with E-state index in [4.69, 9.17) is 21.1 Å². The van der Waals surface area contributed by atoms with Crippen LogP contribution in [0.2, 0.25) is 5.02 Å². The summed E-state index contributed by atoms with van der Waals surface area (Å²) in [6.45, 7) is 1.30. The van der Waals surface area contributed by atoms with Gasteiger partial charge in [-0.3, -0.25) is 9.59 Å². The predicted octanol–water partition coefficient (Wildman–Crippen LogP) is 3.04. The molecule has 0 aliphatic carbocycles. The van der Waals surface area contributed by atoms with E-state index in [9.17, 15) is 9.59 Å². The van der Waals surface area contributed by atoms with Gasteiger partial charge in [0, 0.05) is 6.92 Å². The summed E-state index contributed by atoms with van der Waals surface area (Å²) in [5, 5.41) is 4.22. The maximum atomic E-state index is 12.0. The molecule has 1 N–H and O–H groups in total. The van der Waals surface area contributed by atoms with Crippen molar-refractivity contribution in [1.29, 1.82) is 0 Å². The normalized spacial score (nSPS) is 10.5. The third-order valence-corrected chi connectivity index (χ3v) is 3.27. The molecule has 1 amide bonds. The van der Waals surface area contributed by atoms with Gasteiger partial charge in [-0.1, -0.05) is 23.7 Å². The molecule has 0 aliphatic heterocycles. The number of benzene rings is 2. The highest BCUT2D eigenvalue weighted by Gasteiger charge is 2.09. The molecule has 7 heteroatoms. The van der Waals surface area contributed by atoms with Crippen molar-refractivity contribution in [3.05, 3.63) is 58.6 Å². The number of esters is 1. The van der Waals surface area contributed by atoms with Gasteiger partial charge in [0.1, 0.15) is 0 Å². The summed E-state index contributed by atoms with van der Waals surface area (Å²) < 4.78 is 10.2. The lowest BCUT2D eigenvalue weighted by molar-refractivity contribution is -0.132. The number of hydrazone groups is 1. The first-order chi connectivity index (χ1) is 11.5. The van der Waals surface area contributed by atoms with Crippen molar-refractivity contribution < 1.29 is 19.1 Å². The van der Waals surface area contributed by atoms with Gasteiger partial charge in [-0.2, -0.15) is 5.10 Å². The maximum Gasteiger partial charge on any atom is 0.308 e. The topological polar surface area (TPSA) is 77.0 Å². The second kappa shape index (κ2) is 8.12. The molecular formula is C17H15ClN2O4. The van der Waals surface area contributed by atoms with Gasteiger partial charge in [0.2, 0.25) is 0 Å². The van der Waals surface area contributed by atoms with Gasteiger partial charge >= 0.3 is 5.97 Å². The lowest BCUT2D eigenvalue weighted by Crippen LogP contribution is -2.17. The molecule has 0 radical (unpaired) electrons. The SMILES string of the molecule is COc1cc(/C=N/NC(=O)c2ccccc2Cl)ccc1OC(C)=O. The molecule has 124 valence electrons. The lowest BCUT2D eigenvalue weighted by Gasteiger charge is -2.08. The van der Waals surface area contributed by atoms with E-state index in [0.29, 0.717) is 27.6 Å². The second-order valence-electron chi connectivity index (χ2n) is 4.68.